The molecule has 98 valence electrons. The predicted molar refractivity (Wildman–Crippen MR) is 65.6 cm³/mol. The fourth-order valence-corrected chi connectivity index (χ4v) is 2.82. The van der Waals surface area contributed by atoms with Gasteiger partial charge in [-0.05, 0) is 12.1 Å². The van der Waals surface area contributed by atoms with Crippen LogP contribution in [-0.2, 0) is 11.3 Å². The van der Waals surface area contributed by atoms with E-state index in [2.05, 4.69) is 0 Å². The molecule has 1 heterocycles. The summed E-state index contributed by atoms with van der Waals surface area (Å²) in [5.41, 5.74) is 1.04. The Kier molecular flexibility index (Phi) is 5.10. The Balaban J connectivity index is 0.00000162. The summed E-state index contributed by atoms with van der Waals surface area (Å²) in [6.45, 7) is 2.49. The highest BCUT2D eigenvalue weighted by Crippen LogP contribution is 2.24. The second-order valence-corrected chi connectivity index (χ2v) is 4.98. The molecule has 0 bridgehead atoms. The van der Waals surface area contributed by atoms with Crippen molar-refractivity contribution in [2.75, 3.05) is 7.11 Å². The summed E-state index contributed by atoms with van der Waals surface area (Å²) in [5.74, 6) is 0.0125. The van der Waals surface area contributed by atoms with E-state index >= 15 is 0 Å². The van der Waals surface area contributed by atoms with Crippen LogP contribution >= 0.6 is 11.3 Å². The van der Waals surface area contributed by atoms with E-state index in [-0.39, 0.29) is 23.4 Å². The monoisotopic (exact) mass is 331 g/mol. The van der Waals surface area contributed by atoms with E-state index < -0.39 is 5.97 Å². The van der Waals surface area contributed by atoms with Gasteiger partial charge < -0.3 is 26.8 Å². The van der Waals surface area contributed by atoms with E-state index in [0.717, 1.165) is 21.0 Å². The largest absolute Gasteiger partial charge is 1.00 e. The minimum Gasteiger partial charge on any atom is -1.00 e. The lowest BCUT2D eigenvalue weighted by Gasteiger charge is -1.98. The van der Waals surface area contributed by atoms with Gasteiger partial charge in [0.1, 0.15) is 16.9 Å². The number of carboxylic acids is 1. The molecule has 0 atom stereocenters. The van der Waals surface area contributed by atoms with Crippen molar-refractivity contribution in [3.8, 4) is 5.75 Å². The summed E-state index contributed by atoms with van der Waals surface area (Å²) in [6.07, 6.45) is 0.133. The molecule has 2 rings (SSSR count). The van der Waals surface area contributed by atoms with Gasteiger partial charge in [0.05, 0.1) is 13.2 Å². The lowest BCUT2D eigenvalue weighted by atomic mass is 10.3. The molecule has 0 fully saturated rings. The molecule has 0 saturated heterocycles. The highest BCUT2D eigenvalue weighted by Gasteiger charge is 2.18. The van der Waals surface area contributed by atoms with E-state index in [0.29, 0.717) is 6.54 Å². The second-order valence-electron chi connectivity index (χ2n) is 3.75. The number of nitrogens with zero attached hydrogens (tertiary/aromatic N) is 1. The van der Waals surface area contributed by atoms with Gasteiger partial charge >= 0.3 is 5.97 Å². The molecule has 0 amide bonds. The summed E-state index contributed by atoms with van der Waals surface area (Å²) in [5, 5.41) is 9.85. The van der Waals surface area contributed by atoms with Gasteiger partial charge in [-0.2, -0.15) is 4.57 Å². The van der Waals surface area contributed by atoms with Gasteiger partial charge in [0.25, 0.3) is 0 Å². The Morgan fingerprint density at radius 2 is 2.22 bits per heavy atom. The molecule has 0 spiro atoms. The third-order valence-electron chi connectivity index (χ3n) is 2.64. The standard InChI is InChI=1S/C12H13NO3S.BrH/c1-8-13(6-5-12(14)15)10-7-9(16-2)3-4-11(10)17-8;/h3-4,7H,5-6H2,1-2H3;1H. The highest BCUT2D eigenvalue weighted by molar-refractivity contribution is 7.18. The van der Waals surface area contributed by atoms with Crippen molar-refractivity contribution in [1.29, 1.82) is 0 Å². The minimum atomic E-state index is -0.779. The van der Waals surface area contributed by atoms with Crippen molar-refractivity contribution in [3.63, 3.8) is 0 Å². The fraction of sp³-hybridized carbons (Fsp3) is 0.333. The number of benzene rings is 1. The average molecular weight is 332 g/mol. The number of aromatic nitrogens is 1. The highest BCUT2D eigenvalue weighted by atomic mass is 79.9. The number of fused-ring (bicyclic) bond motifs is 1. The molecule has 0 unspecified atom stereocenters. The first-order valence-corrected chi connectivity index (χ1v) is 6.12. The molecular weight excluding hydrogens is 318 g/mol. The number of ether oxygens (including phenoxy) is 1. The first-order valence-electron chi connectivity index (χ1n) is 5.30. The molecule has 1 aromatic carbocycles. The first-order chi connectivity index (χ1) is 8.11. The normalized spacial score (nSPS) is 10.1. The second kappa shape index (κ2) is 6.15. The maximum absolute atomic E-state index is 10.6. The molecule has 0 saturated carbocycles. The van der Waals surface area contributed by atoms with Crippen LogP contribution in [0.1, 0.15) is 11.4 Å². The van der Waals surface area contributed by atoms with Gasteiger partial charge in [-0.15, -0.1) is 0 Å². The van der Waals surface area contributed by atoms with Gasteiger partial charge in [0.2, 0.25) is 10.5 Å². The Bertz CT molecular complexity index is 568. The van der Waals surface area contributed by atoms with Gasteiger partial charge in [-0.25, -0.2) is 0 Å². The minimum absolute atomic E-state index is 0. The van der Waals surface area contributed by atoms with E-state index in [1.807, 2.05) is 29.7 Å². The Labute approximate surface area is 120 Å². The number of rotatable bonds is 4. The van der Waals surface area contributed by atoms with Crippen LogP contribution in [0.15, 0.2) is 18.2 Å². The van der Waals surface area contributed by atoms with Crippen molar-refractivity contribution in [1.82, 2.24) is 0 Å². The van der Waals surface area contributed by atoms with Gasteiger partial charge in [0, 0.05) is 6.92 Å². The zero-order valence-electron chi connectivity index (χ0n) is 10.1. The fourth-order valence-electron chi connectivity index (χ4n) is 1.79. The smallest absolute Gasteiger partial charge is 0.309 e. The van der Waals surface area contributed by atoms with Gasteiger partial charge in [-0.1, -0.05) is 11.3 Å². The van der Waals surface area contributed by atoms with Crippen LogP contribution < -0.4 is 26.3 Å². The van der Waals surface area contributed by atoms with Crippen molar-refractivity contribution < 1.29 is 36.2 Å². The molecule has 18 heavy (non-hydrogen) atoms. The molecule has 0 aliphatic rings. The van der Waals surface area contributed by atoms with E-state index in [1.165, 1.54) is 0 Å². The van der Waals surface area contributed by atoms with Crippen molar-refractivity contribution >= 4 is 27.5 Å². The molecule has 1 N–H and O–H groups in total. The predicted octanol–water partition coefficient (Wildman–Crippen LogP) is -1.02. The van der Waals surface area contributed by atoms with Crippen molar-refractivity contribution in [2.24, 2.45) is 0 Å². The van der Waals surface area contributed by atoms with Crippen LogP contribution in [0.3, 0.4) is 0 Å². The SMILES string of the molecule is COc1ccc2sc(C)[n+](CCC(=O)O)c2c1.[Br-]. The Morgan fingerprint density at radius 1 is 1.50 bits per heavy atom. The zero-order chi connectivity index (χ0) is 12.4. The molecule has 6 heteroatoms. The number of carbonyl (C=O) groups is 1. The van der Waals surface area contributed by atoms with Crippen LogP contribution in [0.4, 0.5) is 0 Å². The average Bonchev–Trinajstić information content (AvgIpc) is 2.61. The number of thiazole rings is 1. The maximum atomic E-state index is 10.6. The summed E-state index contributed by atoms with van der Waals surface area (Å²) in [6, 6.07) is 5.86. The maximum Gasteiger partial charge on any atom is 0.309 e. The van der Waals surface area contributed by atoms with Crippen LogP contribution in [0.25, 0.3) is 10.2 Å². The summed E-state index contributed by atoms with van der Waals surface area (Å²) in [4.78, 5) is 10.6. The molecule has 2 aromatic rings. The number of methoxy groups -OCH3 is 1. The Morgan fingerprint density at radius 3 is 2.83 bits per heavy atom. The Hall–Kier alpha value is -1.14. The third-order valence-corrected chi connectivity index (χ3v) is 3.72. The van der Waals surface area contributed by atoms with Gasteiger partial charge in [0.15, 0.2) is 6.54 Å². The van der Waals surface area contributed by atoms with Crippen LogP contribution in [0.5, 0.6) is 5.75 Å². The molecule has 4 nitrogen and oxygen atoms in total. The third kappa shape index (κ3) is 3.00. The molecule has 1 aromatic heterocycles. The molecule has 0 aliphatic carbocycles. The van der Waals surface area contributed by atoms with Gasteiger partial charge in [-0.3, -0.25) is 4.79 Å². The number of hydrogen-bond acceptors (Lipinski definition) is 3. The topological polar surface area (TPSA) is 50.4 Å². The van der Waals surface area contributed by atoms with Crippen LogP contribution in [0.2, 0.25) is 0 Å². The summed E-state index contributed by atoms with van der Waals surface area (Å²) < 4.78 is 8.36. The lowest BCUT2D eigenvalue weighted by molar-refractivity contribution is -0.671. The quantitative estimate of drug-likeness (QED) is 0.730. The lowest BCUT2D eigenvalue weighted by Crippen LogP contribution is -3.00. The van der Waals surface area contributed by atoms with E-state index in [4.69, 9.17) is 9.84 Å². The van der Waals surface area contributed by atoms with E-state index in [9.17, 15) is 4.79 Å². The molecular formula is C12H14BrNO3S. The molecule has 0 radical (unpaired) electrons. The van der Waals surface area contributed by atoms with Crippen molar-refractivity contribution in [2.45, 2.75) is 19.9 Å². The number of hydrogen-bond donors (Lipinski definition) is 1. The van der Waals surface area contributed by atoms with Crippen LogP contribution in [0, 0.1) is 6.92 Å². The van der Waals surface area contributed by atoms with Crippen molar-refractivity contribution in [3.05, 3.63) is 23.2 Å². The first kappa shape index (κ1) is 14.9. The summed E-state index contributed by atoms with van der Waals surface area (Å²) in [7, 11) is 1.63. The number of aryl methyl sites for hydroxylation is 2. The summed E-state index contributed by atoms with van der Waals surface area (Å²) >= 11 is 1.66. The van der Waals surface area contributed by atoms with Crippen LogP contribution in [-0.4, -0.2) is 18.2 Å². The number of halogens is 1. The number of carboxylic acid groups (broad SMARTS) is 1. The zero-order valence-corrected chi connectivity index (χ0v) is 12.5. The van der Waals surface area contributed by atoms with E-state index in [1.54, 1.807) is 18.4 Å². The number of aliphatic carboxylic acids is 1. The molecule has 0 aliphatic heterocycles.